The third-order valence-corrected chi connectivity index (χ3v) is 5.81. The molecule has 6 nitrogen and oxygen atoms in total. The summed E-state index contributed by atoms with van der Waals surface area (Å²) < 4.78 is 0. The van der Waals surface area contributed by atoms with Crippen LogP contribution in [0.1, 0.15) is 87.5 Å². The van der Waals surface area contributed by atoms with Crippen molar-refractivity contribution in [1.29, 1.82) is 0 Å². The average Bonchev–Trinajstić information content (AvgIpc) is 2.41. The predicted molar refractivity (Wildman–Crippen MR) is 112 cm³/mol. The number of hydrogen-bond donors (Lipinski definition) is 4. The van der Waals surface area contributed by atoms with E-state index in [0.717, 1.165) is 6.42 Å². The largest absolute Gasteiger partial charge is 0.388 e. The SMILES string of the molecule is CC(C)C[C@@H](NC(=O)C1(C(=O)N[C@H](CC(C)C)C(C)(C)O)CCC1)C(C)(C)O. The maximum absolute atomic E-state index is 13.1. The van der Waals surface area contributed by atoms with Crippen LogP contribution in [0.4, 0.5) is 0 Å². The highest BCUT2D eigenvalue weighted by Crippen LogP contribution is 2.42. The van der Waals surface area contributed by atoms with E-state index in [1.165, 1.54) is 0 Å². The molecule has 0 aliphatic heterocycles. The summed E-state index contributed by atoms with van der Waals surface area (Å²) in [4.78, 5) is 26.3. The summed E-state index contributed by atoms with van der Waals surface area (Å²) in [6, 6.07) is -0.850. The number of rotatable bonds is 10. The van der Waals surface area contributed by atoms with Crippen LogP contribution in [-0.2, 0) is 9.59 Å². The molecule has 1 fully saturated rings. The Kier molecular flexibility index (Phi) is 8.11. The van der Waals surface area contributed by atoms with Crippen molar-refractivity contribution in [2.24, 2.45) is 17.3 Å². The Morgan fingerprint density at radius 2 is 1.14 bits per heavy atom. The van der Waals surface area contributed by atoms with Crippen molar-refractivity contribution in [3.63, 3.8) is 0 Å². The van der Waals surface area contributed by atoms with Crippen molar-refractivity contribution in [3.05, 3.63) is 0 Å². The standard InChI is InChI=1S/C22H42N2O4/c1-14(2)12-16(20(5,6)27)23-18(25)22(10-9-11-22)19(26)24-17(13-15(3)4)21(7,8)28/h14-17,27-28H,9-13H2,1-8H3,(H,23,25)(H,24,26)/t16-,17-/m1/s1. The van der Waals surface area contributed by atoms with Crippen LogP contribution in [0.2, 0.25) is 0 Å². The number of carbonyl (C=O) groups is 2. The summed E-state index contributed by atoms with van der Waals surface area (Å²) in [6.45, 7) is 14.9. The van der Waals surface area contributed by atoms with Gasteiger partial charge in [0.05, 0.1) is 23.3 Å². The fraction of sp³-hybridized carbons (Fsp3) is 0.909. The summed E-state index contributed by atoms with van der Waals surface area (Å²) in [5.41, 5.74) is -3.26. The van der Waals surface area contributed by atoms with Gasteiger partial charge in [-0.15, -0.1) is 0 Å². The molecule has 0 saturated heterocycles. The second-order valence-electron chi connectivity index (χ2n) is 10.6. The number of nitrogens with one attached hydrogen (secondary N) is 2. The van der Waals surface area contributed by atoms with E-state index in [4.69, 9.17) is 0 Å². The minimum Gasteiger partial charge on any atom is -0.388 e. The van der Waals surface area contributed by atoms with Crippen LogP contribution >= 0.6 is 0 Å². The van der Waals surface area contributed by atoms with Crippen LogP contribution in [0.25, 0.3) is 0 Å². The lowest BCUT2D eigenvalue weighted by Crippen LogP contribution is -2.62. The maximum atomic E-state index is 13.1. The first-order valence-electron chi connectivity index (χ1n) is 10.7. The van der Waals surface area contributed by atoms with E-state index in [2.05, 4.69) is 10.6 Å². The number of amides is 2. The van der Waals surface area contributed by atoms with Crippen molar-refractivity contribution in [2.75, 3.05) is 0 Å². The molecule has 0 unspecified atom stereocenters. The summed E-state index contributed by atoms with van der Waals surface area (Å²) in [7, 11) is 0. The van der Waals surface area contributed by atoms with E-state index in [1.54, 1.807) is 27.7 Å². The smallest absolute Gasteiger partial charge is 0.236 e. The molecule has 1 aliphatic rings. The molecule has 164 valence electrons. The molecular formula is C22H42N2O4. The van der Waals surface area contributed by atoms with Crippen LogP contribution in [0.5, 0.6) is 0 Å². The minimum absolute atomic E-state index is 0.300. The van der Waals surface area contributed by atoms with Gasteiger partial charge in [0.1, 0.15) is 5.41 Å². The lowest BCUT2D eigenvalue weighted by Gasteiger charge is -2.43. The Hall–Kier alpha value is -1.14. The molecule has 0 aromatic carbocycles. The molecule has 28 heavy (non-hydrogen) atoms. The Morgan fingerprint density at radius 1 is 0.821 bits per heavy atom. The van der Waals surface area contributed by atoms with Crippen LogP contribution in [0.3, 0.4) is 0 Å². The highest BCUT2D eigenvalue weighted by molar-refractivity contribution is 6.06. The second-order valence-corrected chi connectivity index (χ2v) is 10.6. The van der Waals surface area contributed by atoms with Gasteiger partial charge in [-0.2, -0.15) is 0 Å². The van der Waals surface area contributed by atoms with Gasteiger partial charge in [0, 0.05) is 0 Å². The van der Waals surface area contributed by atoms with Crippen LogP contribution in [0, 0.1) is 17.3 Å². The molecule has 1 rings (SSSR count). The fourth-order valence-electron chi connectivity index (χ4n) is 3.67. The zero-order chi connectivity index (χ0) is 21.9. The monoisotopic (exact) mass is 398 g/mol. The van der Waals surface area contributed by atoms with E-state index in [0.29, 0.717) is 37.5 Å². The van der Waals surface area contributed by atoms with Gasteiger partial charge in [0.25, 0.3) is 0 Å². The molecule has 4 N–H and O–H groups in total. The van der Waals surface area contributed by atoms with E-state index in [9.17, 15) is 19.8 Å². The Bertz CT molecular complexity index is 496. The van der Waals surface area contributed by atoms with Gasteiger partial charge in [0.15, 0.2) is 0 Å². The number of carbonyl (C=O) groups excluding carboxylic acids is 2. The first-order chi connectivity index (χ1) is 12.6. The Labute approximate surface area is 170 Å². The van der Waals surface area contributed by atoms with Gasteiger partial charge in [-0.05, 0) is 65.2 Å². The third kappa shape index (κ3) is 6.45. The van der Waals surface area contributed by atoms with Crippen molar-refractivity contribution in [1.82, 2.24) is 10.6 Å². The molecule has 0 radical (unpaired) electrons. The molecule has 0 aromatic rings. The zero-order valence-corrected chi connectivity index (χ0v) is 19.1. The van der Waals surface area contributed by atoms with Crippen molar-refractivity contribution < 1.29 is 19.8 Å². The van der Waals surface area contributed by atoms with Gasteiger partial charge in [-0.1, -0.05) is 34.1 Å². The van der Waals surface area contributed by atoms with Gasteiger partial charge >= 0.3 is 0 Å². The highest BCUT2D eigenvalue weighted by Gasteiger charge is 2.52. The molecular weight excluding hydrogens is 356 g/mol. The Balaban J connectivity index is 2.98. The van der Waals surface area contributed by atoms with E-state index >= 15 is 0 Å². The van der Waals surface area contributed by atoms with Gasteiger partial charge in [0.2, 0.25) is 11.8 Å². The number of hydrogen-bond acceptors (Lipinski definition) is 4. The molecule has 0 heterocycles. The fourth-order valence-corrected chi connectivity index (χ4v) is 3.67. The van der Waals surface area contributed by atoms with Crippen LogP contribution in [0.15, 0.2) is 0 Å². The second kappa shape index (κ2) is 9.12. The quantitative estimate of drug-likeness (QED) is 0.425. The molecule has 0 bridgehead atoms. The third-order valence-electron chi connectivity index (χ3n) is 5.81. The van der Waals surface area contributed by atoms with Crippen LogP contribution in [-0.4, -0.2) is 45.3 Å². The first-order valence-corrected chi connectivity index (χ1v) is 10.7. The number of aliphatic hydroxyl groups is 2. The summed E-state index contributed by atoms with van der Waals surface area (Å²) in [6.07, 6.45) is 3.06. The van der Waals surface area contributed by atoms with Crippen molar-refractivity contribution in [3.8, 4) is 0 Å². The molecule has 6 heteroatoms. The molecule has 0 spiro atoms. The predicted octanol–water partition coefficient (Wildman–Crippen LogP) is 2.76. The van der Waals surface area contributed by atoms with Crippen molar-refractivity contribution >= 4 is 11.8 Å². The Morgan fingerprint density at radius 3 is 1.32 bits per heavy atom. The van der Waals surface area contributed by atoms with Crippen molar-refractivity contribution in [2.45, 2.75) is 111 Å². The summed E-state index contributed by atoms with van der Waals surface area (Å²) in [5.74, 6) is -0.0341. The molecule has 2 atom stereocenters. The normalized spacial score (nSPS) is 19.1. The van der Waals surface area contributed by atoms with E-state index in [1.807, 2.05) is 27.7 Å². The van der Waals surface area contributed by atoms with E-state index < -0.39 is 28.7 Å². The highest BCUT2D eigenvalue weighted by atomic mass is 16.3. The lowest BCUT2D eigenvalue weighted by molar-refractivity contribution is -0.153. The zero-order valence-electron chi connectivity index (χ0n) is 19.1. The first kappa shape index (κ1) is 24.9. The molecule has 1 aliphatic carbocycles. The lowest BCUT2D eigenvalue weighted by atomic mass is 9.66. The van der Waals surface area contributed by atoms with Crippen LogP contribution < -0.4 is 10.6 Å². The van der Waals surface area contributed by atoms with E-state index in [-0.39, 0.29) is 11.8 Å². The molecule has 1 saturated carbocycles. The average molecular weight is 399 g/mol. The topological polar surface area (TPSA) is 98.7 Å². The maximum Gasteiger partial charge on any atom is 0.236 e. The van der Waals surface area contributed by atoms with Gasteiger partial charge < -0.3 is 20.8 Å². The van der Waals surface area contributed by atoms with Gasteiger partial charge in [-0.25, -0.2) is 0 Å². The van der Waals surface area contributed by atoms with Gasteiger partial charge in [-0.3, -0.25) is 9.59 Å². The summed E-state index contributed by atoms with van der Waals surface area (Å²) in [5, 5.41) is 26.9. The molecule has 2 amide bonds. The minimum atomic E-state index is -1.11. The summed E-state index contributed by atoms with van der Waals surface area (Å²) >= 11 is 0. The molecule has 0 aromatic heterocycles.